The van der Waals surface area contributed by atoms with Crippen LogP contribution in [0.15, 0.2) is 24.3 Å². The average molecular weight is 253 g/mol. The van der Waals surface area contributed by atoms with E-state index in [4.69, 9.17) is 0 Å². The molecule has 3 heteroatoms. The van der Waals surface area contributed by atoms with E-state index in [0.717, 1.165) is 5.56 Å². The van der Waals surface area contributed by atoms with E-state index in [2.05, 4.69) is 5.32 Å². The van der Waals surface area contributed by atoms with E-state index in [0.29, 0.717) is 12.6 Å². The van der Waals surface area contributed by atoms with Crippen LogP contribution >= 0.6 is 0 Å². The number of hydrogen-bond acceptors (Lipinski definition) is 2. The van der Waals surface area contributed by atoms with Crippen LogP contribution in [0.2, 0.25) is 0 Å². The van der Waals surface area contributed by atoms with Gasteiger partial charge in [-0.1, -0.05) is 39.8 Å². The van der Waals surface area contributed by atoms with Gasteiger partial charge >= 0.3 is 0 Å². The number of halogens is 1. The molecule has 1 N–H and O–H groups in total. The van der Waals surface area contributed by atoms with E-state index < -0.39 is 0 Å². The molecule has 0 saturated heterocycles. The molecule has 0 heterocycles. The summed E-state index contributed by atoms with van der Waals surface area (Å²) in [4.78, 5) is 11.0. The van der Waals surface area contributed by atoms with Gasteiger partial charge in [0.1, 0.15) is 11.6 Å². The van der Waals surface area contributed by atoms with Gasteiger partial charge in [-0.05, 0) is 24.6 Å². The van der Waals surface area contributed by atoms with Crippen molar-refractivity contribution in [1.29, 1.82) is 0 Å². The Morgan fingerprint density at radius 3 is 2.22 bits per heavy atom. The van der Waals surface area contributed by atoms with E-state index in [-0.39, 0.29) is 17.5 Å². The highest BCUT2D eigenvalue weighted by Gasteiger charge is 2.06. The van der Waals surface area contributed by atoms with Crippen molar-refractivity contribution in [3.8, 4) is 0 Å². The minimum absolute atomic E-state index is 0.159. The first kappa shape index (κ1) is 16.8. The predicted molar refractivity (Wildman–Crippen MR) is 74.1 cm³/mol. The number of hydrogen-bond donors (Lipinski definition) is 1. The van der Waals surface area contributed by atoms with Crippen LogP contribution in [0.4, 0.5) is 4.39 Å². The highest BCUT2D eigenvalue weighted by Crippen LogP contribution is 1.99. The van der Waals surface area contributed by atoms with Crippen molar-refractivity contribution in [2.45, 2.75) is 40.7 Å². The van der Waals surface area contributed by atoms with E-state index in [1.807, 2.05) is 40.7 Å². The SMILES string of the molecule is CC(C)NCC(=O)C(C)C.Cc1cccc(F)c1. The van der Waals surface area contributed by atoms with Crippen molar-refractivity contribution in [2.24, 2.45) is 5.92 Å². The summed E-state index contributed by atoms with van der Waals surface area (Å²) in [6.07, 6.45) is 0. The summed E-state index contributed by atoms with van der Waals surface area (Å²) in [5.74, 6) is 0.282. The maximum Gasteiger partial charge on any atom is 0.149 e. The van der Waals surface area contributed by atoms with E-state index in [1.54, 1.807) is 6.07 Å². The maximum atomic E-state index is 12.2. The number of aryl methyl sites for hydroxylation is 1. The Morgan fingerprint density at radius 1 is 1.28 bits per heavy atom. The normalized spacial score (nSPS) is 10.2. The Labute approximate surface area is 110 Å². The number of ketones is 1. The molecule has 0 aliphatic heterocycles. The number of carbonyl (C=O) groups excluding carboxylic acids is 1. The number of benzene rings is 1. The molecule has 0 spiro atoms. The molecule has 0 saturated carbocycles. The van der Waals surface area contributed by atoms with Crippen LogP contribution in [0.3, 0.4) is 0 Å². The molecule has 2 nitrogen and oxygen atoms in total. The standard InChI is InChI=1S/C8H17NO.C7H7F/c1-6(2)8(10)5-9-7(3)4;1-6-3-2-4-7(8)5-6/h6-7,9H,5H2,1-4H3;2-5H,1H3. The van der Waals surface area contributed by atoms with Crippen molar-refractivity contribution in [3.63, 3.8) is 0 Å². The summed E-state index contributed by atoms with van der Waals surface area (Å²) >= 11 is 0. The van der Waals surface area contributed by atoms with E-state index in [1.165, 1.54) is 12.1 Å². The topological polar surface area (TPSA) is 29.1 Å². The monoisotopic (exact) mass is 253 g/mol. The van der Waals surface area contributed by atoms with Crippen molar-refractivity contribution >= 4 is 5.78 Å². The molecule has 1 aromatic carbocycles. The number of Topliss-reactive ketones (excluding diaryl/α,β-unsaturated/α-hetero) is 1. The molecule has 1 aromatic rings. The molecular weight excluding hydrogens is 229 g/mol. The fourth-order valence-corrected chi connectivity index (χ4v) is 1.11. The molecular formula is C15H24FNO. The minimum Gasteiger partial charge on any atom is -0.308 e. The lowest BCUT2D eigenvalue weighted by Crippen LogP contribution is -2.31. The average Bonchev–Trinajstić information content (AvgIpc) is 2.26. The summed E-state index contributed by atoms with van der Waals surface area (Å²) in [6.45, 7) is 10.3. The molecule has 0 bridgehead atoms. The van der Waals surface area contributed by atoms with E-state index in [9.17, 15) is 9.18 Å². The van der Waals surface area contributed by atoms with Gasteiger partial charge in [-0.15, -0.1) is 0 Å². The van der Waals surface area contributed by atoms with Gasteiger partial charge in [-0.2, -0.15) is 0 Å². The minimum atomic E-state index is -0.162. The zero-order valence-electron chi connectivity index (χ0n) is 12.0. The smallest absolute Gasteiger partial charge is 0.149 e. The second-order valence-electron chi connectivity index (χ2n) is 4.96. The summed E-state index contributed by atoms with van der Waals surface area (Å²) in [6, 6.07) is 6.91. The van der Waals surface area contributed by atoms with Crippen LogP contribution in [0.25, 0.3) is 0 Å². The summed E-state index contributed by atoms with van der Waals surface area (Å²) in [5.41, 5.74) is 0.963. The van der Waals surface area contributed by atoms with Gasteiger partial charge in [0, 0.05) is 12.0 Å². The maximum absolute atomic E-state index is 12.2. The molecule has 0 aromatic heterocycles. The Morgan fingerprint density at radius 2 is 1.89 bits per heavy atom. The van der Waals surface area contributed by atoms with Crippen molar-refractivity contribution in [3.05, 3.63) is 35.6 Å². The van der Waals surface area contributed by atoms with Gasteiger partial charge in [0.2, 0.25) is 0 Å². The van der Waals surface area contributed by atoms with Gasteiger partial charge in [0.05, 0.1) is 6.54 Å². The molecule has 0 atom stereocenters. The highest BCUT2D eigenvalue weighted by atomic mass is 19.1. The zero-order chi connectivity index (χ0) is 14.1. The zero-order valence-corrected chi connectivity index (χ0v) is 12.0. The quantitative estimate of drug-likeness (QED) is 0.891. The first-order valence-electron chi connectivity index (χ1n) is 6.31. The van der Waals surface area contributed by atoms with Crippen LogP contribution in [0, 0.1) is 18.7 Å². The highest BCUT2D eigenvalue weighted by molar-refractivity contribution is 5.82. The number of rotatable bonds is 4. The van der Waals surface area contributed by atoms with Crippen LogP contribution in [-0.2, 0) is 4.79 Å². The van der Waals surface area contributed by atoms with Crippen molar-refractivity contribution in [2.75, 3.05) is 6.54 Å². The molecule has 0 aliphatic rings. The van der Waals surface area contributed by atoms with Gasteiger partial charge in [0.15, 0.2) is 0 Å². The van der Waals surface area contributed by atoms with Crippen LogP contribution in [0.1, 0.15) is 33.3 Å². The largest absolute Gasteiger partial charge is 0.308 e. The number of carbonyl (C=O) groups is 1. The molecule has 0 fully saturated rings. The summed E-state index contributed by atoms with van der Waals surface area (Å²) in [7, 11) is 0. The van der Waals surface area contributed by atoms with Crippen LogP contribution in [0.5, 0.6) is 0 Å². The Kier molecular flexibility index (Phi) is 8.21. The Hall–Kier alpha value is -1.22. The van der Waals surface area contributed by atoms with Crippen molar-refractivity contribution in [1.82, 2.24) is 5.32 Å². The lowest BCUT2D eigenvalue weighted by Gasteiger charge is -2.08. The summed E-state index contributed by atoms with van der Waals surface area (Å²) in [5, 5.41) is 3.08. The molecule has 0 unspecified atom stereocenters. The molecule has 0 amide bonds. The third kappa shape index (κ3) is 8.88. The fourth-order valence-electron chi connectivity index (χ4n) is 1.11. The predicted octanol–water partition coefficient (Wildman–Crippen LogP) is 3.34. The molecule has 0 radical (unpaired) electrons. The fraction of sp³-hybridized carbons (Fsp3) is 0.533. The second kappa shape index (κ2) is 8.81. The summed E-state index contributed by atoms with van der Waals surface area (Å²) < 4.78 is 12.2. The van der Waals surface area contributed by atoms with Gasteiger partial charge in [-0.25, -0.2) is 4.39 Å². The molecule has 1 rings (SSSR count). The third-order valence-corrected chi connectivity index (χ3v) is 2.31. The lowest BCUT2D eigenvalue weighted by atomic mass is 10.1. The first-order chi connectivity index (χ1) is 8.32. The lowest BCUT2D eigenvalue weighted by molar-refractivity contribution is -0.121. The van der Waals surface area contributed by atoms with Crippen molar-refractivity contribution < 1.29 is 9.18 Å². The molecule has 102 valence electrons. The van der Waals surface area contributed by atoms with Crippen LogP contribution in [-0.4, -0.2) is 18.4 Å². The van der Waals surface area contributed by atoms with Crippen LogP contribution < -0.4 is 5.32 Å². The Balaban J connectivity index is 0.000000327. The Bertz CT molecular complexity index is 344. The van der Waals surface area contributed by atoms with Gasteiger partial charge < -0.3 is 5.32 Å². The molecule has 18 heavy (non-hydrogen) atoms. The number of nitrogens with one attached hydrogen (secondary N) is 1. The van der Waals surface area contributed by atoms with Gasteiger partial charge in [0.25, 0.3) is 0 Å². The second-order valence-corrected chi connectivity index (χ2v) is 4.96. The van der Waals surface area contributed by atoms with E-state index >= 15 is 0 Å². The molecule has 0 aliphatic carbocycles. The third-order valence-electron chi connectivity index (χ3n) is 2.31. The van der Waals surface area contributed by atoms with Gasteiger partial charge in [-0.3, -0.25) is 4.79 Å². The first-order valence-corrected chi connectivity index (χ1v) is 6.31.